The summed E-state index contributed by atoms with van der Waals surface area (Å²) in [5, 5.41) is 13.6. The van der Waals surface area contributed by atoms with Gasteiger partial charge in [-0.3, -0.25) is 9.48 Å². The van der Waals surface area contributed by atoms with Gasteiger partial charge in [0, 0.05) is 38.3 Å². The molecule has 1 amide bonds. The number of amides is 1. The Morgan fingerprint density at radius 3 is 2.84 bits per heavy atom. The molecule has 0 unspecified atom stereocenters. The summed E-state index contributed by atoms with van der Waals surface area (Å²) in [5.74, 6) is -0.655. The van der Waals surface area contributed by atoms with Crippen LogP contribution in [0.3, 0.4) is 0 Å². The number of carbonyl (C=O) groups excluding carboxylic acids is 1. The van der Waals surface area contributed by atoms with Crippen molar-refractivity contribution in [3.8, 4) is 0 Å². The van der Waals surface area contributed by atoms with E-state index in [0.717, 1.165) is 12.1 Å². The first kappa shape index (κ1) is 17.4. The molecule has 1 aliphatic heterocycles. The van der Waals surface area contributed by atoms with E-state index in [1.165, 1.54) is 12.1 Å². The Hall–Kier alpha value is -2.41. The largest absolute Gasteiger partial charge is 0.381 e. The monoisotopic (exact) mass is 345 g/mol. The first-order valence-corrected chi connectivity index (χ1v) is 8.50. The molecule has 7 heteroatoms. The van der Waals surface area contributed by atoms with Crippen molar-refractivity contribution < 1.29 is 9.18 Å². The van der Waals surface area contributed by atoms with Gasteiger partial charge in [-0.1, -0.05) is 0 Å². The molecule has 3 rings (SSSR count). The van der Waals surface area contributed by atoms with E-state index < -0.39 is 0 Å². The number of nitrogens with one attached hydrogen (secondary N) is 3. The van der Waals surface area contributed by atoms with E-state index in [1.807, 2.05) is 27.1 Å². The summed E-state index contributed by atoms with van der Waals surface area (Å²) in [6.07, 6.45) is 3.73. The number of hydrogen-bond acceptors (Lipinski definition) is 4. The Labute approximate surface area is 146 Å². The zero-order valence-electron chi connectivity index (χ0n) is 14.7. The number of nitrogens with zero attached hydrogens (tertiary/aromatic N) is 2. The zero-order valence-corrected chi connectivity index (χ0v) is 14.7. The van der Waals surface area contributed by atoms with E-state index in [0.29, 0.717) is 17.9 Å². The van der Waals surface area contributed by atoms with Crippen molar-refractivity contribution in [3.63, 3.8) is 0 Å². The van der Waals surface area contributed by atoms with Crippen molar-refractivity contribution in [1.82, 2.24) is 15.1 Å². The van der Waals surface area contributed by atoms with E-state index in [-0.39, 0.29) is 29.6 Å². The molecule has 0 bridgehead atoms. The Balaban J connectivity index is 1.78. The van der Waals surface area contributed by atoms with Crippen LogP contribution < -0.4 is 16.0 Å². The third-order valence-corrected chi connectivity index (χ3v) is 4.39. The summed E-state index contributed by atoms with van der Waals surface area (Å²) in [6, 6.07) is 4.56. The Kier molecular flexibility index (Phi) is 5.03. The molecule has 1 aromatic heterocycles. The average molecular weight is 345 g/mol. The highest BCUT2D eigenvalue weighted by atomic mass is 19.1. The molecule has 2 aromatic rings. The van der Waals surface area contributed by atoms with Crippen molar-refractivity contribution in [2.24, 2.45) is 13.0 Å². The van der Waals surface area contributed by atoms with Crippen LogP contribution in [0.2, 0.25) is 0 Å². The SMILES string of the molecule is CC(C)Nc1ccc(F)cc1NC(=O)[C@H]1CNC[C@@H]1c1cnn(C)c1. The van der Waals surface area contributed by atoms with Gasteiger partial charge in [0.1, 0.15) is 5.82 Å². The van der Waals surface area contributed by atoms with Gasteiger partial charge in [0.05, 0.1) is 23.5 Å². The van der Waals surface area contributed by atoms with Crippen molar-refractivity contribution in [2.75, 3.05) is 23.7 Å². The second kappa shape index (κ2) is 7.23. The van der Waals surface area contributed by atoms with E-state index in [9.17, 15) is 9.18 Å². The maximum absolute atomic E-state index is 13.7. The van der Waals surface area contributed by atoms with E-state index >= 15 is 0 Å². The zero-order chi connectivity index (χ0) is 18.0. The molecule has 6 nitrogen and oxygen atoms in total. The second-order valence-corrected chi connectivity index (χ2v) is 6.80. The molecule has 3 N–H and O–H groups in total. The van der Waals surface area contributed by atoms with Crippen LogP contribution in [0.25, 0.3) is 0 Å². The number of benzene rings is 1. The van der Waals surface area contributed by atoms with E-state index in [4.69, 9.17) is 0 Å². The average Bonchev–Trinajstić information content (AvgIpc) is 3.18. The normalized spacial score (nSPS) is 20.0. The van der Waals surface area contributed by atoms with Gasteiger partial charge in [-0.15, -0.1) is 0 Å². The Bertz CT molecular complexity index is 758. The van der Waals surface area contributed by atoms with Crippen molar-refractivity contribution in [1.29, 1.82) is 0 Å². The molecule has 0 saturated carbocycles. The third kappa shape index (κ3) is 3.99. The van der Waals surface area contributed by atoms with Crippen LogP contribution in [-0.4, -0.2) is 34.8 Å². The van der Waals surface area contributed by atoms with E-state index in [1.54, 1.807) is 16.9 Å². The van der Waals surface area contributed by atoms with Gasteiger partial charge in [-0.05, 0) is 37.6 Å². The van der Waals surface area contributed by atoms with Crippen LogP contribution in [0.5, 0.6) is 0 Å². The lowest BCUT2D eigenvalue weighted by molar-refractivity contribution is -0.119. The van der Waals surface area contributed by atoms with Crippen LogP contribution in [0, 0.1) is 11.7 Å². The van der Waals surface area contributed by atoms with Gasteiger partial charge in [0.15, 0.2) is 0 Å². The Morgan fingerprint density at radius 1 is 1.36 bits per heavy atom. The molecule has 1 saturated heterocycles. The smallest absolute Gasteiger partial charge is 0.229 e. The molecule has 2 atom stereocenters. The Morgan fingerprint density at radius 2 is 2.16 bits per heavy atom. The summed E-state index contributed by atoms with van der Waals surface area (Å²) in [5.41, 5.74) is 2.22. The van der Waals surface area contributed by atoms with Gasteiger partial charge in [0.25, 0.3) is 0 Å². The molecule has 1 fully saturated rings. The fourth-order valence-corrected chi connectivity index (χ4v) is 3.22. The maximum Gasteiger partial charge on any atom is 0.229 e. The predicted molar refractivity (Wildman–Crippen MR) is 96.1 cm³/mol. The minimum absolute atomic E-state index is 0.0590. The number of anilines is 2. The van der Waals surface area contributed by atoms with Gasteiger partial charge in [-0.25, -0.2) is 4.39 Å². The summed E-state index contributed by atoms with van der Waals surface area (Å²) in [4.78, 5) is 12.8. The number of halogens is 1. The number of rotatable bonds is 5. The quantitative estimate of drug-likeness (QED) is 0.778. The van der Waals surface area contributed by atoms with E-state index in [2.05, 4.69) is 21.0 Å². The molecule has 0 radical (unpaired) electrons. The summed E-state index contributed by atoms with van der Waals surface area (Å²) in [7, 11) is 1.86. The summed E-state index contributed by atoms with van der Waals surface area (Å²) < 4.78 is 15.4. The fourth-order valence-electron chi connectivity index (χ4n) is 3.22. The molecule has 134 valence electrons. The van der Waals surface area contributed by atoms with Gasteiger partial charge in [0.2, 0.25) is 5.91 Å². The number of aromatic nitrogens is 2. The number of hydrogen-bond donors (Lipinski definition) is 3. The topological polar surface area (TPSA) is 71.0 Å². The summed E-state index contributed by atoms with van der Waals surface area (Å²) >= 11 is 0. The first-order chi connectivity index (χ1) is 11.9. The lowest BCUT2D eigenvalue weighted by Crippen LogP contribution is -2.28. The van der Waals surface area contributed by atoms with Crippen molar-refractivity contribution in [3.05, 3.63) is 42.0 Å². The van der Waals surface area contributed by atoms with Gasteiger partial charge in [-0.2, -0.15) is 5.10 Å². The maximum atomic E-state index is 13.7. The molecule has 1 aliphatic rings. The highest BCUT2D eigenvalue weighted by molar-refractivity contribution is 5.96. The minimum Gasteiger partial charge on any atom is -0.381 e. The molecular weight excluding hydrogens is 321 g/mol. The third-order valence-electron chi connectivity index (χ3n) is 4.39. The van der Waals surface area contributed by atoms with Crippen LogP contribution in [0.15, 0.2) is 30.6 Å². The van der Waals surface area contributed by atoms with Crippen LogP contribution in [-0.2, 0) is 11.8 Å². The van der Waals surface area contributed by atoms with Gasteiger partial charge < -0.3 is 16.0 Å². The van der Waals surface area contributed by atoms with Crippen molar-refractivity contribution >= 4 is 17.3 Å². The highest BCUT2D eigenvalue weighted by Crippen LogP contribution is 2.30. The van der Waals surface area contributed by atoms with Crippen molar-refractivity contribution in [2.45, 2.75) is 25.8 Å². The molecule has 2 heterocycles. The molecule has 0 spiro atoms. The fraction of sp³-hybridized carbons (Fsp3) is 0.444. The van der Waals surface area contributed by atoms with Crippen LogP contribution in [0.4, 0.5) is 15.8 Å². The van der Waals surface area contributed by atoms with Gasteiger partial charge >= 0.3 is 0 Å². The lowest BCUT2D eigenvalue weighted by atomic mass is 9.90. The summed E-state index contributed by atoms with van der Waals surface area (Å²) in [6.45, 7) is 5.31. The minimum atomic E-state index is -0.377. The lowest BCUT2D eigenvalue weighted by Gasteiger charge is -2.20. The molecular formula is C18H24FN5O. The number of aryl methyl sites for hydroxylation is 1. The standard InChI is InChI=1S/C18H24FN5O/c1-11(2)22-16-5-4-13(19)6-17(16)23-18(25)15-9-20-8-14(15)12-7-21-24(3)10-12/h4-7,10-11,14-15,20,22H,8-9H2,1-3H3,(H,23,25)/t14-,15+/m1/s1. The number of carbonyl (C=O) groups is 1. The predicted octanol–water partition coefficient (Wildman–Crippen LogP) is 2.32. The molecule has 1 aromatic carbocycles. The van der Waals surface area contributed by atoms with Crippen LogP contribution in [0.1, 0.15) is 25.3 Å². The van der Waals surface area contributed by atoms with Crippen LogP contribution >= 0.6 is 0 Å². The molecule has 25 heavy (non-hydrogen) atoms. The first-order valence-electron chi connectivity index (χ1n) is 8.50. The highest BCUT2D eigenvalue weighted by Gasteiger charge is 2.35. The molecule has 0 aliphatic carbocycles. The second-order valence-electron chi connectivity index (χ2n) is 6.80.